The van der Waals surface area contributed by atoms with Crippen LogP contribution < -0.4 is 5.32 Å². The minimum atomic E-state index is -0.339. The Balaban J connectivity index is 2.15. The van der Waals surface area contributed by atoms with Gasteiger partial charge in [0.05, 0.1) is 24.0 Å². The Morgan fingerprint density at radius 3 is 2.61 bits per heavy atom. The zero-order chi connectivity index (χ0) is 16.7. The fourth-order valence-electron chi connectivity index (χ4n) is 2.14. The lowest BCUT2D eigenvalue weighted by atomic mass is 10.1. The molecule has 0 aliphatic rings. The second-order valence-corrected chi connectivity index (χ2v) is 4.76. The maximum absolute atomic E-state index is 11.4. The van der Waals surface area contributed by atoms with Gasteiger partial charge in [0.1, 0.15) is 5.69 Å². The van der Waals surface area contributed by atoms with Crippen LogP contribution in [0, 0.1) is 0 Å². The molecule has 0 atom stereocenters. The molecule has 2 rings (SSSR count). The maximum atomic E-state index is 11.4. The monoisotopic (exact) mass is 309 g/mol. The predicted molar refractivity (Wildman–Crippen MR) is 94.6 cm³/mol. The van der Waals surface area contributed by atoms with Gasteiger partial charge >= 0.3 is 5.97 Å². The second kappa shape index (κ2) is 7.89. The van der Waals surface area contributed by atoms with Crippen LogP contribution in [0.2, 0.25) is 0 Å². The van der Waals surface area contributed by atoms with Crippen LogP contribution in [0.1, 0.15) is 22.8 Å². The van der Waals surface area contributed by atoms with Gasteiger partial charge in [-0.2, -0.15) is 0 Å². The molecule has 0 radical (unpaired) electrons. The molecule has 0 bridgehead atoms. The zero-order valence-electron chi connectivity index (χ0n) is 13.2. The molecule has 1 N–H and O–H groups in total. The Kier molecular flexibility index (Phi) is 5.63. The summed E-state index contributed by atoms with van der Waals surface area (Å²) in [5.74, 6) is -0.339. The molecule has 0 saturated carbocycles. The molecule has 0 fully saturated rings. The van der Waals surface area contributed by atoms with Gasteiger partial charge in [0, 0.05) is 12.8 Å². The van der Waals surface area contributed by atoms with Crippen molar-refractivity contribution in [3.8, 4) is 0 Å². The number of hydrogen-bond acceptors (Lipinski definition) is 5. The van der Waals surface area contributed by atoms with Gasteiger partial charge in [0.2, 0.25) is 0 Å². The van der Waals surface area contributed by atoms with Crippen molar-refractivity contribution >= 4 is 36.0 Å². The first-order chi connectivity index (χ1) is 11.2. The molecule has 0 unspecified atom stereocenters. The third kappa shape index (κ3) is 4.03. The number of rotatable bonds is 6. The van der Waals surface area contributed by atoms with Crippen LogP contribution in [0.15, 0.2) is 52.4 Å². The van der Waals surface area contributed by atoms with Crippen molar-refractivity contribution < 1.29 is 9.53 Å². The van der Waals surface area contributed by atoms with Gasteiger partial charge in [-0.1, -0.05) is 18.2 Å². The summed E-state index contributed by atoms with van der Waals surface area (Å²) in [6.07, 6.45) is 1.72. The molecule has 5 nitrogen and oxygen atoms in total. The fraction of sp³-hybridized carbons (Fsp3) is 0.167. The van der Waals surface area contributed by atoms with Crippen LogP contribution >= 0.6 is 0 Å². The van der Waals surface area contributed by atoms with Crippen molar-refractivity contribution in [2.24, 2.45) is 9.98 Å². The lowest BCUT2D eigenvalue weighted by molar-refractivity contribution is 0.0600. The summed E-state index contributed by atoms with van der Waals surface area (Å²) in [7, 11) is 1.37. The summed E-state index contributed by atoms with van der Waals surface area (Å²) in [5.41, 5.74) is 3.95. The Morgan fingerprint density at radius 2 is 2.00 bits per heavy atom. The number of nitrogens with one attached hydrogen (secondary N) is 1. The summed E-state index contributed by atoms with van der Waals surface area (Å²) in [4.78, 5) is 19.8. The van der Waals surface area contributed by atoms with E-state index in [1.807, 2.05) is 37.3 Å². The summed E-state index contributed by atoms with van der Waals surface area (Å²) >= 11 is 0. The van der Waals surface area contributed by atoms with Crippen molar-refractivity contribution in [3.05, 3.63) is 53.6 Å². The second-order valence-electron chi connectivity index (χ2n) is 4.76. The largest absolute Gasteiger partial charge is 0.465 e. The van der Waals surface area contributed by atoms with Gasteiger partial charge in [0.25, 0.3) is 0 Å². The number of esters is 1. The van der Waals surface area contributed by atoms with Crippen molar-refractivity contribution in [1.29, 1.82) is 0 Å². The van der Waals surface area contributed by atoms with E-state index in [1.165, 1.54) is 7.11 Å². The highest BCUT2D eigenvalue weighted by Crippen LogP contribution is 2.35. The first kappa shape index (κ1) is 16.4. The number of carbonyl (C=O) groups is 1. The lowest BCUT2D eigenvalue weighted by Gasteiger charge is -2.11. The fourth-order valence-corrected chi connectivity index (χ4v) is 2.14. The number of benzene rings is 2. The van der Waals surface area contributed by atoms with Crippen LogP contribution in [0.5, 0.6) is 0 Å². The topological polar surface area (TPSA) is 63.0 Å². The van der Waals surface area contributed by atoms with Crippen LogP contribution in [0.3, 0.4) is 0 Å². The highest BCUT2D eigenvalue weighted by atomic mass is 16.5. The molecule has 5 heteroatoms. The quantitative estimate of drug-likeness (QED) is 0.644. The first-order valence-electron chi connectivity index (χ1n) is 7.19. The molecule has 0 aliphatic heterocycles. The lowest BCUT2D eigenvalue weighted by Crippen LogP contribution is -2.03. The van der Waals surface area contributed by atoms with E-state index in [0.717, 1.165) is 22.6 Å². The molecule has 23 heavy (non-hydrogen) atoms. The SMILES string of the molecule is C=Nc1cccc(NCc2ccc(C(=O)OC)cc2)c1N=CC. The molecule has 0 amide bonds. The zero-order valence-corrected chi connectivity index (χ0v) is 13.2. The van der Waals surface area contributed by atoms with Crippen molar-refractivity contribution in [2.75, 3.05) is 12.4 Å². The molecule has 0 heterocycles. The number of nitrogens with zero attached hydrogens (tertiary/aromatic N) is 2. The van der Waals surface area contributed by atoms with Crippen LogP contribution in [0.4, 0.5) is 17.1 Å². The van der Waals surface area contributed by atoms with Crippen molar-refractivity contribution in [3.63, 3.8) is 0 Å². The number of ether oxygens (including phenoxy) is 1. The Hall–Kier alpha value is -2.95. The van der Waals surface area contributed by atoms with E-state index < -0.39 is 0 Å². The predicted octanol–water partition coefficient (Wildman–Crippen LogP) is 4.14. The number of aliphatic imine (C=N–C) groups is 2. The number of para-hydroxylation sites is 1. The normalized spacial score (nSPS) is 10.5. The third-order valence-corrected chi connectivity index (χ3v) is 3.30. The molecule has 0 saturated heterocycles. The van der Waals surface area contributed by atoms with Gasteiger partial charge < -0.3 is 10.1 Å². The van der Waals surface area contributed by atoms with Gasteiger partial charge in [-0.25, -0.2) is 4.79 Å². The van der Waals surface area contributed by atoms with Gasteiger partial charge in [-0.05, 0) is 43.5 Å². The van der Waals surface area contributed by atoms with Gasteiger partial charge in [-0.15, -0.1) is 0 Å². The molecular weight excluding hydrogens is 290 g/mol. The average molecular weight is 309 g/mol. The minimum absolute atomic E-state index is 0.339. The third-order valence-electron chi connectivity index (χ3n) is 3.30. The summed E-state index contributed by atoms with van der Waals surface area (Å²) in [5, 5.41) is 3.33. The molecule has 0 aliphatic carbocycles. The van der Waals surface area contributed by atoms with E-state index in [0.29, 0.717) is 12.1 Å². The van der Waals surface area contributed by atoms with E-state index >= 15 is 0 Å². The molecule has 118 valence electrons. The first-order valence-corrected chi connectivity index (χ1v) is 7.19. The van der Waals surface area contributed by atoms with Crippen LogP contribution in [0.25, 0.3) is 0 Å². The highest BCUT2D eigenvalue weighted by molar-refractivity contribution is 5.89. The minimum Gasteiger partial charge on any atom is -0.465 e. The van der Waals surface area contributed by atoms with E-state index in [2.05, 4.69) is 26.8 Å². The molecule has 2 aromatic rings. The molecular formula is C18H19N3O2. The molecule has 0 aromatic heterocycles. The Morgan fingerprint density at radius 1 is 1.26 bits per heavy atom. The van der Waals surface area contributed by atoms with E-state index in [-0.39, 0.29) is 5.97 Å². The van der Waals surface area contributed by atoms with Gasteiger partial charge in [0.15, 0.2) is 0 Å². The Labute approximate surface area is 135 Å². The summed E-state index contributed by atoms with van der Waals surface area (Å²) < 4.78 is 4.69. The molecule has 2 aromatic carbocycles. The Bertz CT molecular complexity index is 722. The van der Waals surface area contributed by atoms with E-state index in [1.54, 1.807) is 18.3 Å². The molecule has 0 spiro atoms. The van der Waals surface area contributed by atoms with E-state index in [4.69, 9.17) is 0 Å². The number of methoxy groups -OCH3 is 1. The van der Waals surface area contributed by atoms with Crippen LogP contribution in [-0.4, -0.2) is 26.0 Å². The summed E-state index contributed by atoms with van der Waals surface area (Å²) in [6, 6.07) is 13.0. The number of hydrogen-bond donors (Lipinski definition) is 1. The van der Waals surface area contributed by atoms with E-state index in [9.17, 15) is 4.79 Å². The highest BCUT2D eigenvalue weighted by Gasteiger charge is 2.07. The van der Waals surface area contributed by atoms with Gasteiger partial charge in [-0.3, -0.25) is 9.98 Å². The van der Waals surface area contributed by atoms with Crippen molar-refractivity contribution in [2.45, 2.75) is 13.5 Å². The van der Waals surface area contributed by atoms with Crippen molar-refractivity contribution in [1.82, 2.24) is 0 Å². The number of anilines is 1. The average Bonchev–Trinajstić information content (AvgIpc) is 2.60. The van der Waals surface area contributed by atoms with Crippen LogP contribution in [-0.2, 0) is 11.3 Å². The maximum Gasteiger partial charge on any atom is 0.337 e. The smallest absolute Gasteiger partial charge is 0.337 e. The summed E-state index contributed by atoms with van der Waals surface area (Å²) in [6.45, 7) is 6.03. The standard InChI is InChI=1S/C18H19N3O2/c1-4-20-17-15(19-2)6-5-7-16(17)21-12-13-8-10-14(11-9-13)18(22)23-3/h4-11,21H,2,12H2,1,3H3. The number of carbonyl (C=O) groups excluding carboxylic acids is 1.